The summed E-state index contributed by atoms with van der Waals surface area (Å²) in [6.07, 6.45) is 3.83. The predicted octanol–water partition coefficient (Wildman–Crippen LogP) is 2.76. The van der Waals surface area contributed by atoms with Crippen LogP contribution < -0.4 is 10.6 Å². The molecule has 28 heavy (non-hydrogen) atoms. The Morgan fingerprint density at radius 2 is 1.93 bits per heavy atom. The molecule has 2 aromatic carbocycles. The number of nitrogens with zero attached hydrogens (tertiary/aromatic N) is 2. The average molecular weight is 380 g/mol. The lowest BCUT2D eigenvalue weighted by Crippen LogP contribution is -2.41. The molecular weight excluding hydrogens is 359 g/mol. The fourth-order valence-electron chi connectivity index (χ4n) is 2.85. The second kappa shape index (κ2) is 8.94. The van der Waals surface area contributed by atoms with Crippen LogP contribution in [0.15, 0.2) is 67.0 Å². The lowest BCUT2D eigenvalue weighted by molar-refractivity contribution is -0.136. The number of amides is 2. The van der Waals surface area contributed by atoms with Gasteiger partial charge < -0.3 is 10.6 Å². The number of hydrogen-bond acceptors (Lipinski definition) is 3. The molecule has 0 aliphatic rings. The summed E-state index contributed by atoms with van der Waals surface area (Å²) in [7, 11) is 0. The molecule has 0 aliphatic carbocycles. The largest absolute Gasteiger partial charge is 0.345 e. The minimum absolute atomic E-state index is 0.297. The van der Waals surface area contributed by atoms with E-state index in [-0.39, 0.29) is 11.9 Å². The van der Waals surface area contributed by atoms with E-state index < -0.39 is 11.8 Å². The number of nitrogens with one attached hydrogen (secondary N) is 2. The van der Waals surface area contributed by atoms with Crippen LogP contribution in [0.1, 0.15) is 18.1 Å². The van der Waals surface area contributed by atoms with Crippen molar-refractivity contribution in [1.29, 1.82) is 0 Å². The molecule has 0 spiro atoms. The minimum Gasteiger partial charge on any atom is -0.345 e. The van der Waals surface area contributed by atoms with Crippen LogP contribution >= 0.6 is 0 Å². The first-order valence-electron chi connectivity index (χ1n) is 8.93. The first-order chi connectivity index (χ1) is 13.5. The maximum atomic E-state index is 13.7. The average Bonchev–Trinajstić information content (AvgIpc) is 3.17. The normalized spacial score (nSPS) is 11.6. The SMILES string of the molecule is CC(Cc1ccccc1F)NC(=O)C(=O)Nc1cccc(Cn2cccn2)c1. The van der Waals surface area contributed by atoms with E-state index in [2.05, 4.69) is 15.7 Å². The van der Waals surface area contributed by atoms with Gasteiger partial charge in [-0.1, -0.05) is 30.3 Å². The Hall–Kier alpha value is -3.48. The topological polar surface area (TPSA) is 76.0 Å². The van der Waals surface area contributed by atoms with Crippen molar-refractivity contribution >= 4 is 17.5 Å². The number of carbonyl (C=O) groups excluding carboxylic acids is 2. The molecule has 0 saturated heterocycles. The second-order valence-corrected chi connectivity index (χ2v) is 6.53. The molecule has 0 bridgehead atoms. The molecule has 6 nitrogen and oxygen atoms in total. The number of rotatable bonds is 6. The molecular formula is C21H21FN4O2. The van der Waals surface area contributed by atoms with Crippen LogP contribution in [-0.2, 0) is 22.6 Å². The zero-order valence-electron chi connectivity index (χ0n) is 15.4. The van der Waals surface area contributed by atoms with E-state index in [1.54, 1.807) is 54.2 Å². The number of halogens is 1. The third kappa shape index (κ3) is 5.26. The van der Waals surface area contributed by atoms with Gasteiger partial charge in [0, 0.05) is 24.1 Å². The zero-order chi connectivity index (χ0) is 19.9. The van der Waals surface area contributed by atoms with Gasteiger partial charge in [-0.3, -0.25) is 14.3 Å². The molecule has 2 amide bonds. The highest BCUT2D eigenvalue weighted by Gasteiger charge is 2.17. The molecule has 0 aliphatic heterocycles. The van der Waals surface area contributed by atoms with Gasteiger partial charge in [-0.05, 0) is 48.7 Å². The van der Waals surface area contributed by atoms with Gasteiger partial charge >= 0.3 is 11.8 Å². The number of carbonyl (C=O) groups is 2. The number of aromatic nitrogens is 2. The summed E-state index contributed by atoms with van der Waals surface area (Å²) in [5.74, 6) is -1.86. The first kappa shape index (κ1) is 19.3. The molecule has 7 heteroatoms. The quantitative estimate of drug-likeness (QED) is 0.646. The molecule has 0 radical (unpaired) electrons. The van der Waals surface area contributed by atoms with Crippen molar-refractivity contribution < 1.29 is 14.0 Å². The van der Waals surface area contributed by atoms with Crippen molar-refractivity contribution in [2.75, 3.05) is 5.32 Å². The van der Waals surface area contributed by atoms with E-state index in [9.17, 15) is 14.0 Å². The van der Waals surface area contributed by atoms with Gasteiger partial charge in [-0.2, -0.15) is 5.10 Å². The van der Waals surface area contributed by atoms with Crippen molar-refractivity contribution in [3.63, 3.8) is 0 Å². The second-order valence-electron chi connectivity index (χ2n) is 6.53. The van der Waals surface area contributed by atoms with E-state index in [1.807, 2.05) is 18.3 Å². The Labute approximate surface area is 162 Å². The van der Waals surface area contributed by atoms with E-state index >= 15 is 0 Å². The van der Waals surface area contributed by atoms with Crippen LogP contribution in [0.3, 0.4) is 0 Å². The molecule has 3 rings (SSSR count). The van der Waals surface area contributed by atoms with Gasteiger partial charge in [-0.25, -0.2) is 4.39 Å². The van der Waals surface area contributed by atoms with Crippen LogP contribution in [0, 0.1) is 5.82 Å². The fraction of sp³-hybridized carbons (Fsp3) is 0.190. The standard InChI is InChI=1S/C21H21FN4O2/c1-15(12-17-7-2-3-9-19(17)22)24-20(27)21(28)25-18-8-4-6-16(13-18)14-26-11-5-10-23-26/h2-11,13,15H,12,14H2,1H3,(H,24,27)(H,25,28). The smallest absolute Gasteiger partial charge is 0.313 e. The summed E-state index contributed by atoms with van der Waals surface area (Å²) < 4.78 is 15.5. The number of benzene rings is 2. The molecule has 1 atom stereocenters. The van der Waals surface area contributed by atoms with Gasteiger partial charge in [0.15, 0.2) is 0 Å². The summed E-state index contributed by atoms with van der Waals surface area (Å²) in [6, 6.07) is 15.0. The van der Waals surface area contributed by atoms with Crippen LogP contribution in [0.2, 0.25) is 0 Å². The Balaban J connectivity index is 1.55. The first-order valence-corrected chi connectivity index (χ1v) is 8.93. The van der Waals surface area contributed by atoms with Gasteiger partial charge in [-0.15, -0.1) is 0 Å². The zero-order valence-corrected chi connectivity index (χ0v) is 15.4. The van der Waals surface area contributed by atoms with Gasteiger partial charge in [0.05, 0.1) is 6.54 Å². The molecule has 1 unspecified atom stereocenters. The monoisotopic (exact) mass is 380 g/mol. The van der Waals surface area contributed by atoms with E-state index in [4.69, 9.17) is 0 Å². The molecule has 2 N–H and O–H groups in total. The molecule has 3 aromatic rings. The van der Waals surface area contributed by atoms with Crippen molar-refractivity contribution in [3.8, 4) is 0 Å². The third-order valence-corrected chi connectivity index (χ3v) is 4.16. The Morgan fingerprint density at radius 3 is 2.68 bits per heavy atom. The summed E-state index contributed by atoms with van der Waals surface area (Å²) in [4.78, 5) is 24.3. The van der Waals surface area contributed by atoms with Gasteiger partial charge in [0.2, 0.25) is 0 Å². The van der Waals surface area contributed by atoms with Crippen molar-refractivity contribution in [2.24, 2.45) is 0 Å². The lowest BCUT2D eigenvalue weighted by Gasteiger charge is -2.14. The Bertz CT molecular complexity index is 957. The summed E-state index contributed by atoms with van der Waals surface area (Å²) in [5, 5.41) is 9.32. The maximum Gasteiger partial charge on any atom is 0.313 e. The van der Waals surface area contributed by atoms with Crippen LogP contribution in [0.4, 0.5) is 10.1 Å². The number of hydrogen-bond donors (Lipinski definition) is 2. The summed E-state index contributed by atoms with van der Waals surface area (Å²) >= 11 is 0. The highest BCUT2D eigenvalue weighted by Crippen LogP contribution is 2.12. The molecule has 0 fully saturated rings. The maximum absolute atomic E-state index is 13.7. The van der Waals surface area contributed by atoms with E-state index in [0.717, 1.165) is 5.56 Å². The Kier molecular flexibility index (Phi) is 6.16. The molecule has 1 heterocycles. The fourth-order valence-corrected chi connectivity index (χ4v) is 2.85. The van der Waals surface area contributed by atoms with Crippen LogP contribution in [0.25, 0.3) is 0 Å². The highest BCUT2D eigenvalue weighted by molar-refractivity contribution is 6.39. The molecule has 1 aromatic heterocycles. The van der Waals surface area contributed by atoms with Gasteiger partial charge in [0.1, 0.15) is 5.82 Å². The van der Waals surface area contributed by atoms with E-state index in [0.29, 0.717) is 24.2 Å². The van der Waals surface area contributed by atoms with Crippen LogP contribution in [0.5, 0.6) is 0 Å². The Morgan fingerprint density at radius 1 is 1.11 bits per heavy atom. The summed E-state index contributed by atoms with van der Waals surface area (Å²) in [6.45, 7) is 2.28. The number of anilines is 1. The molecule has 0 saturated carbocycles. The minimum atomic E-state index is -0.767. The molecule has 144 valence electrons. The van der Waals surface area contributed by atoms with Crippen molar-refractivity contribution in [1.82, 2.24) is 15.1 Å². The highest BCUT2D eigenvalue weighted by atomic mass is 19.1. The predicted molar refractivity (Wildman–Crippen MR) is 104 cm³/mol. The van der Waals surface area contributed by atoms with Crippen molar-refractivity contribution in [2.45, 2.75) is 25.9 Å². The summed E-state index contributed by atoms with van der Waals surface area (Å²) in [5.41, 5.74) is 1.95. The lowest BCUT2D eigenvalue weighted by atomic mass is 10.1. The van der Waals surface area contributed by atoms with Gasteiger partial charge in [0.25, 0.3) is 0 Å². The third-order valence-electron chi connectivity index (χ3n) is 4.16. The van der Waals surface area contributed by atoms with Crippen molar-refractivity contribution in [3.05, 3.63) is 83.9 Å². The van der Waals surface area contributed by atoms with Crippen LogP contribution in [-0.4, -0.2) is 27.6 Å². The van der Waals surface area contributed by atoms with E-state index in [1.165, 1.54) is 6.07 Å².